The van der Waals surface area contributed by atoms with Crippen molar-refractivity contribution in [2.75, 3.05) is 9.80 Å². The quantitative estimate of drug-likeness (QED) is 0.127. The first-order valence-corrected chi connectivity index (χ1v) is 25.6. The molecule has 0 N–H and O–H groups in total. The minimum Gasteiger partial charge on any atom is -0.311 e. The lowest BCUT2D eigenvalue weighted by atomic mass is 9.67. The Balaban J connectivity index is 0.976. The molecule has 1 aliphatic rings. The fourth-order valence-corrected chi connectivity index (χ4v) is 11.8. The summed E-state index contributed by atoms with van der Waals surface area (Å²) in [4.78, 5) is 4.80. The van der Waals surface area contributed by atoms with Crippen LogP contribution in [0.3, 0.4) is 0 Å². The number of hydrogen-bond donors (Lipinski definition) is 0. The first-order chi connectivity index (χ1) is 36.6. The van der Waals surface area contributed by atoms with Crippen molar-refractivity contribution in [2.24, 2.45) is 0 Å². The van der Waals surface area contributed by atoms with E-state index < -0.39 is 5.41 Å². The molecule has 2 heteroatoms. The maximum atomic E-state index is 2.49. The van der Waals surface area contributed by atoms with Crippen molar-refractivity contribution < 1.29 is 0 Å². The third-order valence-electron chi connectivity index (χ3n) is 15.1. The normalized spacial score (nSPS) is 12.2. The zero-order chi connectivity index (χ0) is 49.4. The summed E-state index contributed by atoms with van der Waals surface area (Å²) in [7, 11) is 0. The molecule has 350 valence electrons. The number of benzene rings is 12. The van der Waals surface area contributed by atoms with Gasteiger partial charge in [0.15, 0.2) is 0 Å². The highest BCUT2D eigenvalue weighted by atomic mass is 15.1. The van der Waals surface area contributed by atoms with Gasteiger partial charge in [-0.25, -0.2) is 0 Å². The Bertz CT molecular complexity index is 3850. The van der Waals surface area contributed by atoms with Gasteiger partial charge in [-0.1, -0.05) is 231 Å². The lowest BCUT2D eigenvalue weighted by Crippen LogP contribution is -2.28. The molecule has 0 radical (unpaired) electrons. The number of fused-ring (bicyclic) bond motifs is 4. The van der Waals surface area contributed by atoms with E-state index in [9.17, 15) is 0 Å². The molecule has 0 amide bonds. The molecule has 2 nitrogen and oxygen atoms in total. The highest BCUT2D eigenvalue weighted by Gasteiger charge is 2.47. The Morgan fingerprint density at radius 2 is 0.757 bits per heavy atom. The molecule has 0 aromatic heterocycles. The van der Waals surface area contributed by atoms with Gasteiger partial charge in [-0.15, -0.1) is 0 Å². The Labute approximate surface area is 434 Å². The average Bonchev–Trinajstić information content (AvgIpc) is 3.90. The van der Waals surface area contributed by atoms with Crippen LogP contribution in [0.25, 0.3) is 55.3 Å². The molecular formula is C72H52N2. The predicted octanol–water partition coefficient (Wildman–Crippen LogP) is 19.5. The molecule has 0 spiro atoms. The zero-order valence-electron chi connectivity index (χ0n) is 41.2. The minimum atomic E-state index is -0.556. The number of aryl methyl sites for hydroxylation is 1. The van der Waals surface area contributed by atoms with Gasteiger partial charge in [0.1, 0.15) is 0 Å². The van der Waals surface area contributed by atoms with Gasteiger partial charge < -0.3 is 9.80 Å². The Hall–Kier alpha value is -9.50. The van der Waals surface area contributed by atoms with Crippen LogP contribution in [0.2, 0.25) is 0 Å². The summed E-state index contributed by atoms with van der Waals surface area (Å²) in [5.74, 6) is 0. The van der Waals surface area contributed by atoms with Crippen LogP contribution < -0.4 is 9.80 Å². The van der Waals surface area contributed by atoms with Crippen LogP contribution in [0.5, 0.6) is 0 Å². The van der Waals surface area contributed by atoms with Crippen LogP contribution in [0.15, 0.2) is 297 Å². The first-order valence-electron chi connectivity index (χ1n) is 25.6. The number of nitrogens with zero attached hydrogens (tertiary/aromatic N) is 2. The van der Waals surface area contributed by atoms with Crippen LogP contribution in [-0.2, 0) is 5.41 Å². The topological polar surface area (TPSA) is 6.48 Å². The van der Waals surface area contributed by atoms with Gasteiger partial charge in [-0.2, -0.15) is 0 Å². The van der Waals surface area contributed by atoms with Gasteiger partial charge in [0.25, 0.3) is 0 Å². The molecule has 0 aliphatic heterocycles. The Morgan fingerprint density at radius 3 is 1.34 bits per heavy atom. The van der Waals surface area contributed by atoms with Crippen molar-refractivity contribution in [1.82, 2.24) is 0 Å². The van der Waals surface area contributed by atoms with Crippen LogP contribution in [0.1, 0.15) is 27.8 Å². The predicted molar refractivity (Wildman–Crippen MR) is 312 cm³/mol. The van der Waals surface area contributed by atoms with E-state index in [2.05, 4.69) is 314 Å². The number of anilines is 6. The molecule has 0 atom stereocenters. The summed E-state index contributed by atoms with van der Waals surface area (Å²) in [6.07, 6.45) is 0. The molecule has 1 aliphatic carbocycles. The smallest absolute Gasteiger partial charge is 0.0714 e. The van der Waals surface area contributed by atoms with Crippen molar-refractivity contribution in [1.29, 1.82) is 0 Å². The second-order valence-corrected chi connectivity index (χ2v) is 19.2. The Morgan fingerprint density at radius 1 is 0.284 bits per heavy atom. The lowest BCUT2D eigenvalue weighted by molar-refractivity contribution is 0.768. The maximum absolute atomic E-state index is 2.49. The zero-order valence-corrected chi connectivity index (χ0v) is 41.2. The highest BCUT2D eigenvalue weighted by molar-refractivity contribution is 6.06. The Kier molecular flexibility index (Phi) is 11.4. The molecule has 0 unspecified atom stereocenters. The molecule has 12 aromatic rings. The SMILES string of the molecule is Cc1cccc2c1-c1ccc(N(c3ccc(-c4ccccc4-c4ccc(N(c5ccccc5)c5ccccc5)cc4)cc3)c3ccc4ccccc4c3-c3ccccc3)cc1C2(c1ccccc1)c1ccccc1. The summed E-state index contributed by atoms with van der Waals surface area (Å²) in [6, 6.07) is 109. The van der Waals surface area contributed by atoms with Gasteiger partial charge in [0, 0.05) is 34.0 Å². The van der Waals surface area contributed by atoms with Gasteiger partial charge in [-0.3, -0.25) is 0 Å². The number of hydrogen-bond acceptors (Lipinski definition) is 2. The standard InChI is InChI=1S/C72H52N2/c1-51-22-21-37-67-70(51)66-48-47-62(50-68(66)72(67,56-26-9-3-10-27-56)57-28-11-4-12-29-57)74(69-49-42-52-23-17-18-36-65(52)71(69)55-24-7-2-8-25-55)61-45-40-54(41-46-61)64-35-20-19-34-63(64)53-38-43-60(44-39-53)73(58-30-13-5-14-31-58)59-32-15-6-16-33-59/h2-50H,1H3. The van der Waals surface area contributed by atoms with Crippen LogP contribution in [0, 0.1) is 6.92 Å². The van der Waals surface area contributed by atoms with E-state index in [-0.39, 0.29) is 0 Å². The number of rotatable bonds is 11. The van der Waals surface area contributed by atoms with E-state index >= 15 is 0 Å². The van der Waals surface area contributed by atoms with Gasteiger partial charge in [-0.05, 0) is 151 Å². The summed E-state index contributed by atoms with van der Waals surface area (Å²) in [6.45, 7) is 2.26. The van der Waals surface area contributed by atoms with E-state index in [1.807, 2.05) is 0 Å². The molecule has 0 bridgehead atoms. The largest absolute Gasteiger partial charge is 0.311 e. The van der Waals surface area contributed by atoms with Gasteiger partial charge >= 0.3 is 0 Å². The monoisotopic (exact) mass is 944 g/mol. The van der Waals surface area contributed by atoms with Crippen LogP contribution in [-0.4, -0.2) is 0 Å². The fraction of sp³-hybridized carbons (Fsp3) is 0.0278. The van der Waals surface area contributed by atoms with Crippen molar-refractivity contribution >= 4 is 44.9 Å². The lowest BCUT2D eigenvalue weighted by Gasteiger charge is -2.35. The third kappa shape index (κ3) is 7.59. The van der Waals surface area contributed by atoms with Crippen molar-refractivity contribution in [2.45, 2.75) is 12.3 Å². The van der Waals surface area contributed by atoms with E-state index in [0.29, 0.717) is 0 Å². The molecular weight excluding hydrogens is 893 g/mol. The molecule has 74 heavy (non-hydrogen) atoms. The minimum absolute atomic E-state index is 0.556. The summed E-state index contributed by atoms with van der Waals surface area (Å²) >= 11 is 0. The third-order valence-corrected chi connectivity index (χ3v) is 15.1. The van der Waals surface area contributed by atoms with E-state index in [4.69, 9.17) is 0 Å². The van der Waals surface area contributed by atoms with Crippen LogP contribution >= 0.6 is 0 Å². The highest BCUT2D eigenvalue weighted by Crippen LogP contribution is 2.58. The average molecular weight is 945 g/mol. The fourth-order valence-electron chi connectivity index (χ4n) is 11.8. The summed E-state index contributed by atoms with van der Waals surface area (Å²) < 4.78 is 0. The molecule has 0 saturated carbocycles. The summed E-state index contributed by atoms with van der Waals surface area (Å²) in [5, 5.41) is 2.41. The molecule has 12 aromatic carbocycles. The van der Waals surface area contributed by atoms with Crippen molar-refractivity contribution in [3.8, 4) is 44.5 Å². The van der Waals surface area contributed by atoms with E-state index in [1.165, 1.54) is 72.0 Å². The molecule has 0 fully saturated rings. The number of para-hydroxylation sites is 2. The second kappa shape index (κ2) is 18.9. The first kappa shape index (κ1) is 44.4. The molecule has 0 heterocycles. The molecule has 0 saturated heterocycles. The van der Waals surface area contributed by atoms with Gasteiger partial charge in [0.2, 0.25) is 0 Å². The summed E-state index contributed by atoms with van der Waals surface area (Å²) in [5.41, 5.74) is 22.0. The van der Waals surface area contributed by atoms with Crippen molar-refractivity contribution in [3.05, 3.63) is 325 Å². The second-order valence-electron chi connectivity index (χ2n) is 19.2. The molecule has 13 rings (SSSR count). The van der Waals surface area contributed by atoms with Crippen LogP contribution in [0.4, 0.5) is 34.1 Å². The van der Waals surface area contributed by atoms with Crippen molar-refractivity contribution in [3.63, 3.8) is 0 Å². The van der Waals surface area contributed by atoms with E-state index in [0.717, 1.165) is 45.3 Å². The maximum Gasteiger partial charge on any atom is 0.0714 e. The van der Waals surface area contributed by atoms with E-state index in [1.54, 1.807) is 0 Å². The van der Waals surface area contributed by atoms with Gasteiger partial charge in [0.05, 0.1) is 11.1 Å².